The molecule has 100 valence electrons. The zero-order valence-electron chi connectivity index (χ0n) is 10.8. The Morgan fingerprint density at radius 2 is 2.30 bits per heavy atom. The van der Waals surface area contributed by atoms with Crippen LogP contribution in [-0.4, -0.2) is 9.55 Å². The van der Waals surface area contributed by atoms with Crippen LogP contribution in [0.25, 0.3) is 11.1 Å². The summed E-state index contributed by atoms with van der Waals surface area (Å²) < 4.78 is 6.73. The van der Waals surface area contributed by atoms with Crippen molar-refractivity contribution in [3.05, 3.63) is 52.3 Å². The summed E-state index contributed by atoms with van der Waals surface area (Å²) in [5.41, 5.74) is 3.70. The quantitative estimate of drug-likeness (QED) is 0.760. The van der Waals surface area contributed by atoms with E-state index in [0.29, 0.717) is 23.3 Å². The molecule has 1 aromatic carbocycles. The van der Waals surface area contributed by atoms with Gasteiger partial charge in [0.05, 0.1) is 5.52 Å². The summed E-state index contributed by atoms with van der Waals surface area (Å²) in [7, 11) is 1.84. The molecule has 6 heteroatoms. The molecule has 3 aromatic rings. The van der Waals surface area contributed by atoms with Gasteiger partial charge in [-0.15, -0.1) is 0 Å². The van der Waals surface area contributed by atoms with E-state index in [4.69, 9.17) is 9.68 Å². The highest BCUT2D eigenvalue weighted by Crippen LogP contribution is 2.17. The van der Waals surface area contributed by atoms with Gasteiger partial charge in [-0.2, -0.15) is 5.26 Å². The van der Waals surface area contributed by atoms with Crippen molar-refractivity contribution in [1.82, 2.24) is 9.55 Å². The summed E-state index contributed by atoms with van der Waals surface area (Å²) in [6.07, 6.45) is 1.91. The van der Waals surface area contributed by atoms with Crippen LogP contribution in [0, 0.1) is 11.3 Å². The number of nitrogens with one attached hydrogen (secondary N) is 2. The lowest BCUT2D eigenvalue weighted by Crippen LogP contribution is -1.98. The average Bonchev–Trinajstić information content (AvgIpc) is 2.97. The van der Waals surface area contributed by atoms with Gasteiger partial charge in [-0.05, 0) is 29.8 Å². The summed E-state index contributed by atoms with van der Waals surface area (Å²) in [5.74, 6) is -0.459. The van der Waals surface area contributed by atoms with E-state index in [2.05, 4.69) is 16.4 Å². The van der Waals surface area contributed by atoms with E-state index in [1.54, 1.807) is 10.6 Å². The van der Waals surface area contributed by atoms with Gasteiger partial charge < -0.3 is 14.3 Å². The predicted molar refractivity (Wildman–Crippen MR) is 74.3 cm³/mol. The second-order valence-corrected chi connectivity index (χ2v) is 4.54. The fourth-order valence-corrected chi connectivity index (χ4v) is 2.11. The molecule has 2 N–H and O–H groups in total. The molecule has 0 aliphatic heterocycles. The second kappa shape index (κ2) is 4.63. The number of hydrogen-bond donors (Lipinski definition) is 2. The number of H-pyrrole nitrogens is 1. The molecule has 0 unspecified atom stereocenters. The zero-order chi connectivity index (χ0) is 14.1. The number of hydrogen-bond acceptors (Lipinski definition) is 4. The number of aromatic nitrogens is 2. The SMILES string of the molecule is Cn1cc(CNc2ccc3oc(=O)[nH]c3c2)cc1C#N. The minimum absolute atomic E-state index is 0.459. The Hall–Kier alpha value is -2.94. The van der Waals surface area contributed by atoms with Crippen molar-refractivity contribution in [2.24, 2.45) is 7.05 Å². The van der Waals surface area contributed by atoms with E-state index >= 15 is 0 Å². The molecule has 0 aliphatic carbocycles. The maximum atomic E-state index is 11.1. The fourth-order valence-electron chi connectivity index (χ4n) is 2.11. The molecule has 2 heterocycles. The minimum Gasteiger partial charge on any atom is -0.408 e. The van der Waals surface area contributed by atoms with Crippen molar-refractivity contribution in [3.8, 4) is 6.07 Å². The van der Waals surface area contributed by atoms with Crippen LogP contribution >= 0.6 is 0 Å². The normalized spacial score (nSPS) is 10.6. The summed E-state index contributed by atoms with van der Waals surface area (Å²) in [6.45, 7) is 0.600. The first-order chi connectivity index (χ1) is 9.65. The van der Waals surface area contributed by atoms with Gasteiger partial charge >= 0.3 is 5.76 Å². The molecule has 6 nitrogen and oxygen atoms in total. The Morgan fingerprint density at radius 1 is 1.45 bits per heavy atom. The summed E-state index contributed by atoms with van der Waals surface area (Å²) in [5, 5.41) is 12.1. The molecule has 0 fully saturated rings. The van der Waals surface area contributed by atoms with Gasteiger partial charge in [-0.3, -0.25) is 4.98 Å². The third-order valence-corrected chi connectivity index (χ3v) is 3.09. The van der Waals surface area contributed by atoms with Crippen LogP contribution < -0.4 is 11.1 Å². The van der Waals surface area contributed by atoms with Gasteiger partial charge in [0.15, 0.2) is 5.58 Å². The molecule has 3 rings (SSSR count). The van der Waals surface area contributed by atoms with Crippen LogP contribution in [-0.2, 0) is 13.6 Å². The Labute approximate surface area is 114 Å². The van der Waals surface area contributed by atoms with Crippen LogP contribution in [0.1, 0.15) is 11.3 Å². The Kier molecular flexibility index (Phi) is 2.80. The van der Waals surface area contributed by atoms with Crippen molar-refractivity contribution in [2.75, 3.05) is 5.32 Å². The van der Waals surface area contributed by atoms with Crippen molar-refractivity contribution in [3.63, 3.8) is 0 Å². The average molecular weight is 268 g/mol. The topological polar surface area (TPSA) is 86.8 Å². The first-order valence-electron chi connectivity index (χ1n) is 6.08. The number of nitriles is 1. The number of rotatable bonds is 3. The molecule has 0 bridgehead atoms. The number of aryl methyl sites for hydroxylation is 1. The highest BCUT2D eigenvalue weighted by molar-refractivity contribution is 5.76. The summed E-state index contributed by atoms with van der Waals surface area (Å²) in [4.78, 5) is 13.7. The zero-order valence-corrected chi connectivity index (χ0v) is 10.8. The lowest BCUT2D eigenvalue weighted by atomic mass is 10.2. The first kappa shape index (κ1) is 12.1. The lowest BCUT2D eigenvalue weighted by molar-refractivity contribution is 0.555. The van der Waals surface area contributed by atoms with E-state index in [0.717, 1.165) is 11.3 Å². The van der Waals surface area contributed by atoms with E-state index in [1.165, 1.54) is 0 Å². The maximum absolute atomic E-state index is 11.1. The minimum atomic E-state index is -0.459. The molecule has 2 aromatic heterocycles. The third-order valence-electron chi connectivity index (χ3n) is 3.09. The van der Waals surface area contributed by atoms with Gasteiger partial charge in [0.25, 0.3) is 0 Å². The number of aromatic amines is 1. The van der Waals surface area contributed by atoms with Crippen LogP contribution in [0.15, 0.2) is 39.7 Å². The van der Waals surface area contributed by atoms with Crippen molar-refractivity contribution in [1.29, 1.82) is 5.26 Å². The van der Waals surface area contributed by atoms with Gasteiger partial charge in [0.2, 0.25) is 0 Å². The molecule has 0 saturated heterocycles. The van der Waals surface area contributed by atoms with Crippen molar-refractivity contribution < 1.29 is 4.42 Å². The fraction of sp³-hybridized carbons (Fsp3) is 0.143. The van der Waals surface area contributed by atoms with E-state index in [-0.39, 0.29) is 0 Å². The molecular formula is C14H12N4O2. The molecule has 20 heavy (non-hydrogen) atoms. The van der Waals surface area contributed by atoms with Crippen LogP contribution in [0.4, 0.5) is 5.69 Å². The highest BCUT2D eigenvalue weighted by Gasteiger charge is 2.04. The molecule has 0 aliphatic rings. The summed E-state index contributed by atoms with van der Waals surface area (Å²) >= 11 is 0. The van der Waals surface area contributed by atoms with Gasteiger partial charge in [0.1, 0.15) is 11.8 Å². The van der Waals surface area contributed by atoms with Crippen LogP contribution in [0.5, 0.6) is 0 Å². The Balaban J connectivity index is 1.79. The van der Waals surface area contributed by atoms with Crippen LogP contribution in [0.3, 0.4) is 0 Å². The second-order valence-electron chi connectivity index (χ2n) is 4.54. The van der Waals surface area contributed by atoms with E-state index < -0.39 is 5.76 Å². The van der Waals surface area contributed by atoms with Gasteiger partial charge in [-0.25, -0.2) is 4.79 Å². The molecule has 0 atom stereocenters. The maximum Gasteiger partial charge on any atom is 0.417 e. The van der Waals surface area contributed by atoms with Gasteiger partial charge in [-0.1, -0.05) is 0 Å². The van der Waals surface area contributed by atoms with E-state index in [9.17, 15) is 4.79 Å². The molecule has 0 spiro atoms. The van der Waals surface area contributed by atoms with Crippen molar-refractivity contribution in [2.45, 2.75) is 6.54 Å². The van der Waals surface area contributed by atoms with Crippen molar-refractivity contribution >= 4 is 16.8 Å². The lowest BCUT2D eigenvalue weighted by Gasteiger charge is -2.04. The smallest absolute Gasteiger partial charge is 0.408 e. The number of anilines is 1. The molecule has 0 amide bonds. The predicted octanol–water partition coefficient (Wildman–Crippen LogP) is 1.94. The molecule has 0 radical (unpaired) electrons. The number of oxazole rings is 1. The first-order valence-corrected chi connectivity index (χ1v) is 6.08. The third kappa shape index (κ3) is 2.17. The number of fused-ring (bicyclic) bond motifs is 1. The highest BCUT2D eigenvalue weighted by atomic mass is 16.4. The van der Waals surface area contributed by atoms with Gasteiger partial charge in [0, 0.05) is 25.5 Å². The molecule has 0 saturated carbocycles. The Morgan fingerprint density at radius 3 is 3.05 bits per heavy atom. The van der Waals surface area contributed by atoms with Crippen LogP contribution in [0.2, 0.25) is 0 Å². The summed E-state index contributed by atoms with van der Waals surface area (Å²) in [6, 6.07) is 9.35. The monoisotopic (exact) mass is 268 g/mol. The largest absolute Gasteiger partial charge is 0.417 e. The number of nitrogens with zero attached hydrogens (tertiary/aromatic N) is 2. The molecular weight excluding hydrogens is 256 g/mol. The Bertz CT molecular complexity index is 863. The standard InChI is InChI=1S/C14H12N4O2/c1-18-8-9(4-11(18)6-15)7-16-10-2-3-13-12(5-10)17-14(19)20-13/h2-5,8,16H,7H2,1H3,(H,17,19). The van der Waals surface area contributed by atoms with E-state index in [1.807, 2.05) is 31.4 Å². The number of benzene rings is 1.